The van der Waals surface area contributed by atoms with Crippen LogP contribution in [0.4, 0.5) is 0 Å². The van der Waals surface area contributed by atoms with Crippen LogP contribution in [0.1, 0.15) is 113 Å². The minimum atomic E-state index is -1.91. The van der Waals surface area contributed by atoms with Crippen molar-refractivity contribution in [2.75, 3.05) is 26.4 Å². The summed E-state index contributed by atoms with van der Waals surface area (Å²) in [5.74, 6) is 1.07. The smallest absolute Gasteiger partial charge is 0.187 e. The van der Waals surface area contributed by atoms with Crippen LogP contribution in [0.3, 0.4) is 0 Å². The van der Waals surface area contributed by atoms with Crippen molar-refractivity contribution in [3.05, 3.63) is 11.6 Å². The minimum Gasteiger partial charge on any atom is -0.394 e. The summed E-state index contributed by atoms with van der Waals surface area (Å²) in [5, 5.41) is 159. The molecule has 0 bridgehead atoms. The van der Waals surface area contributed by atoms with Gasteiger partial charge in [0.1, 0.15) is 97.7 Å². The van der Waals surface area contributed by atoms with Crippen molar-refractivity contribution in [1.29, 1.82) is 0 Å². The summed E-state index contributed by atoms with van der Waals surface area (Å²) in [6.45, 7) is 14.4. The summed E-state index contributed by atoms with van der Waals surface area (Å²) in [5.41, 5.74) is -0.793. The summed E-state index contributed by atoms with van der Waals surface area (Å²) >= 11 is 0. The molecule has 0 spiro atoms. The van der Waals surface area contributed by atoms with Crippen LogP contribution in [-0.4, -0.2) is 244 Å². The fourth-order valence-electron chi connectivity index (χ4n) is 15.6. The van der Waals surface area contributed by atoms with Crippen LogP contribution in [0.15, 0.2) is 11.6 Å². The zero-order valence-corrected chi connectivity index (χ0v) is 45.8. The van der Waals surface area contributed by atoms with E-state index in [9.17, 15) is 76.6 Å². The van der Waals surface area contributed by atoms with Gasteiger partial charge in [-0.05, 0) is 112 Å². The highest BCUT2D eigenvalue weighted by Crippen LogP contribution is 2.75. The fraction of sp³-hybridized carbons (Fsp3) is 0.963. The normalized spacial score (nSPS) is 51.0. The van der Waals surface area contributed by atoms with Crippen LogP contribution in [0.5, 0.6) is 0 Å². The average Bonchev–Trinajstić information content (AvgIpc) is 3.69. The molecule has 7 fully saturated rings. The molecule has 29 atom stereocenters. The Bertz CT molecular complexity index is 1990. The van der Waals surface area contributed by atoms with Crippen molar-refractivity contribution in [3.63, 3.8) is 0 Å². The summed E-state index contributed by atoms with van der Waals surface area (Å²) < 4.78 is 47.9. The second-order valence-electron chi connectivity index (χ2n) is 25.8. The number of fused-ring (bicyclic) bond motifs is 5. The topological polar surface area (TPSA) is 377 Å². The van der Waals surface area contributed by atoms with Gasteiger partial charge in [0.15, 0.2) is 25.2 Å². The molecule has 446 valence electrons. The van der Waals surface area contributed by atoms with Crippen LogP contribution in [0.25, 0.3) is 0 Å². The van der Waals surface area contributed by atoms with Gasteiger partial charge in [0.25, 0.3) is 0 Å². The number of aliphatic hydroxyl groups excluding tert-OH is 14. The Hall–Kier alpha value is -1.18. The average molecular weight is 1110 g/mol. The number of ether oxygens (including phenoxy) is 8. The molecular formula is C54H92O23. The quantitative estimate of drug-likeness (QED) is 0.0687. The van der Waals surface area contributed by atoms with Gasteiger partial charge in [0.05, 0.1) is 44.2 Å². The molecule has 23 heteroatoms. The number of hydrogen-bond donors (Lipinski definition) is 15. The molecule has 23 nitrogen and oxygen atoms in total. The van der Waals surface area contributed by atoms with E-state index in [4.69, 9.17) is 37.9 Å². The van der Waals surface area contributed by atoms with Gasteiger partial charge < -0.3 is 114 Å². The Labute approximate surface area is 450 Å². The number of rotatable bonds is 17. The maximum Gasteiger partial charge on any atom is 0.187 e. The molecule has 0 amide bonds. The second kappa shape index (κ2) is 23.5. The molecule has 4 aliphatic carbocycles. The van der Waals surface area contributed by atoms with Crippen molar-refractivity contribution in [3.8, 4) is 0 Å². The van der Waals surface area contributed by atoms with E-state index in [2.05, 4.69) is 47.6 Å². The van der Waals surface area contributed by atoms with Gasteiger partial charge in [0.2, 0.25) is 0 Å². The third-order valence-corrected chi connectivity index (χ3v) is 20.7. The van der Waals surface area contributed by atoms with E-state index >= 15 is 0 Å². The van der Waals surface area contributed by atoms with E-state index in [0.717, 1.165) is 38.5 Å². The molecule has 0 aromatic rings. The molecule has 4 aliphatic heterocycles. The minimum absolute atomic E-state index is 0.0220. The molecule has 77 heavy (non-hydrogen) atoms. The van der Waals surface area contributed by atoms with E-state index in [-0.39, 0.29) is 46.5 Å². The number of allylic oxidation sites excluding steroid dienone is 1. The Morgan fingerprint density at radius 3 is 1.62 bits per heavy atom. The van der Waals surface area contributed by atoms with Gasteiger partial charge in [-0.1, -0.05) is 53.2 Å². The lowest BCUT2D eigenvalue weighted by atomic mass is 9.39. The summed E-state index contributed by atoms with van der Waals surface area (Å²) in [6, 6.07) is 0. The van der Waals surface area contributed by atoms with Gasteiger partial charge in [-0.15, -0.1) is 0 Å². The second-order valence-corrected chi connectivity index (χ2v) is 25.8. The van der Waals surface area contributed by atoms with Crippen LogP contribution in [-0.2, 0) is 37.9 Å². The Kier molecular flexibility index (Phi) is 18.9. The Balaban J connectivity index is 0.973. The molecule has 3 saturated carbocycles. The van der Waals surface area contributed by atoms with Crippen LogP contribution >= 0.6 is 0 Å². The lowest BCUT2D eigenvalue weighted by Crippen LogP contribution is -2.65. The van der Waals surface area contributed by atoms with E-state index in [0.29, 0.717) is 18.8 Å². The molecular weight excluding hydrogens is 1020 g/mol. The fourth-order valence-corrected chi connectivity index (χ4v) is 15.6. The lowest BCUT2D eigenvalue weighted by molar-refractivity contribution is -0.380. The van der Waals surface area contributed by atoms with E-state index in [1.165, 1.54) is 5.57 Å². The number of hydrogen-bond acceptors (Lipinski definition) is 23. The van der Waals surface area contributed by atoms with Crippen LogP contribution in [0.2, 0.25) is 0 Å². The van der Waals surface area contributed by atoms with E-state index in [1.54, 1.807) is 13.8 Å². The Morgan fingerprint density at radius 1 is 0.571 bits per heavy atom. The van der Waals surface area contributed by atoms with E-state index in [1.807, 2.05) is 0 Å². The van der Waals surface area contributed by atoms with Crippen molar-refractivity contribution in [1.82, 2.24) is 0 Å². The molecule has 4 saturated heterocycles. The maximum absolute atomic E-state index is 11.8. The third-order valence-electron chi connectivity index (χ3n) is 20.7. The molecule has 4 heterocycles. The monoisotopic (exact) mass is 1110 g/mol. The highest BCUT2D eigenvalue weighted by Gasteiger charge is 2.68. The number of aliphatic hydroxyl groups is 15. The predicted octanol–water partition coefficient (Wildman–Crippen LogP) is -2.20. The van der Waals surface area contributed by atoms with Gasteiger partial charge in [-0.25, -0.2) is 0 Å². The Morgan fingerprint density at radius 2 is 1.08 bits per heavy atom. The maximum atomic E-state index is 11.8. The molecule has 3 unspecified atom stereocenters. The first kappa shape index (κ1) is 61.9. The molecule has 0 aromatic carbocycles. The van der Waals surface area contributed by atoms with Crippen molar-refractivity contribution >= 4 is 0 Å². The molecule has 15 N–H and O–H groups in total. The van der Waals surface area contributed by atoms with Crippen LogP contribution in [0, 0.1) is 45.3 Å². The first-order valence-electron chi connectivity index (χ1n) is 27.9. The van der Waals surface area contributed by atoms with Crippen molar-refractivity contribution in [2.45, 2.75) is 254 Å². The summed E-state index contributed by atoms with van der Waals surface area (Å²) in [7, 11) is 0. The molecule has 0 radical (unpaired) electrons. The van der Waals surface area contributed by atoms with E-state index < -0.39 is 166 Å². The largest absolute Gasteiger partial charge is 0.394 e. The highest BCUT2D eigenvalue weighted by molar-refractivity contribution is 5.30. The predicted molar refractivity (Wildman–Crippen MR) is 266 cm³/mol. The van der Waals surface area contributed by atoms with Crippen molar-refractivity contribution in [2.24, 2.45) is 45.3 Å². The van der Waals surface area contributed by atoms with Gasteiger partial charge in [0, 0.05) is 5.41 Å². The first-order valence-corrected chi connectivity index (χ1v) is 27.9. The molecule has 0 aromatic heterocycles. The summed E-state index contributed by atoms with van der Waals surface area (Å²) in [4.78, 5) is 0. The highest BCUT2D eigenvalue weighted by atomic mass is 16.8. The zero-order chi connectivity index (χ0) is 56.6. The van der Waals surface area contributed by atoms with Gasteiger partial charge in [-0.3, -0.25) is 0 Å². The van der Waals surface area contributed by atoms with Gasteiger partial charge in [-0.2, -0.15) is 0 Å². The first-order chi connectivity index (χ1) is 36.0. The zero-order valence-electron chi connectivity index (χ0n) is 45.8. The SMILES string of the molecule is C[C@H](CC[C@@H](O[C@@H]1O[C@H](CO[C@H]2O[C@H](CO)[C@@H](O)[C@H](O)[C@H]2O)[C@@H](O)[C@H](O)[C@H]1O[C@H]1O[C@@H](CO)[C@H](O)[C@@H](O)[C@@H]1O)C(C)(C)O)C1CC[C@@]2(C)C3CC=C4C(CC[C@H](O[C@@H]5O[C@H](CO)[C@@H](O)[C@H](O)[C@H]5O)C4(C)C)[C@]3(C)CC[C@]12C. The molecule has 8 rings (SSSR count). The van der Waals surface area contributed by atoms with Gasteiger partial charge >= 0.3 is 0 Å². The lowest BCUT2D eigenvalue weighted by Gasteiger charge is -2.66. The van der Waals surface area contributed by atoms with Crippen LogP contribution < -0.4 is 0 Å². The summed E-state index contributed by atoms with van der Waals surface area (Å²) in [6.07, 6.45) is -23.9. The third kappa shape index (κ3) is 11.1. The molecule has 8 aliphatic rings. The van der Waals surface area contributed by atoms with Crippen molar-refractivity contribution < 1.29 is 114 Å². The standard InChI is InChI=1S/C54H92O23/c1-23(24-15-16-54(8)31-12-10-25-26(52(31,6)17-18-53(24,54)7)11-14-32(50(25,2)3)75-47-43(67)39(63)35(59)28(20-56)72-47)9-13-33(51(4,5)69)76-49-45(77-48-44(68)40(64)36(60)29(21-57)73-48)41(65)37(61)30(74-49)22-70-46-42(66)38(62)34(58)27(19-55)71-46/h10,23-24,26-49,55-69H,9,11-22H2,1-8H3/t23-,24?,26?,27-,28-,29+,30-,31?,32+,33-,34-,35-,36+,37-,38+,39+,40-,41+,42-,43-,44+,45-,46+,47+,48-,49+,52+,53-,54+/m1/s1.